The standard InChI is InChI=1S/C20H12ClN9S/c21-17-12-8-24-27-13(12)3-4-14(17)26-20-29-28-19(31-20)11-2-1-7-30-10-16(25-18(11)30)15-9-22-5-6-23-15/h1-10H,(H,24,27)(H,26,29). The highest BCUT2D eigenvalue weighted by Crippen LogP contribution is 2.35. The van der Waals surface area contributed by atoms with Gasteiger partial charge in [0.1, 0.15) is 17.0 Å². The molecular formula is C20H12ClN9S. The van der Waals surface area contributed by atoms with E-state index in [-0.39, 0.29) is 0 Å². The lowest BCUT2D eigenvalue weighted by Crippen LogP contribution is -1.90. The first-order valence-electron chi connectivity index (χ1n) is 9.23. The second-order valence-electron chi connectivity index (χ2n) is 6.67. The zero-order chi connectivity index (χ0) is 20.8. The molecule has 0 spiro atoms. The van der Waals surface area contributed by atoms with Crippen LogP contribution in [0.25, 0.3) is 38.5 Å². The SMILES string of the molecule is Clc1c(Nc2nnc(-c3cccn4cc(-c5cnccn5)nc34)s2)ccc2[nH]ncc12. The van der Waals surface area contributed by atoms with E-state index in [1.165, 1.54) is 11.3 Å². The van der Waals surface area contributed by atoms with E-state index >= 15 is 0 Å². The molecule has 5 heterocycles. The number of H-pyrrole nitrogens is 1. The van der Waals surface area contributed by atoms with Gasteiger partial charge >= 0.3 is 0 Å². The summed E-state index contributed by atoms with van der Waals surface area (Å²) in [6, 6.07) is 7.71. The molecule has 11 heteroatoms. The average Bonchev–Trinajstić information content (AvgIpc) is 3.55. The van der Waals surface area contributed by atoms with E-state index < -0.39 is 0 Å². The zero-order valence-electron chi connectivity index (χ0n) is 15.7. The number of pyridine rings is 1. The number of anilines is 2. The number of aromatic amines is 1. The van der Waals surface area contributed by atoms with Crippen molar-refractivity contribution in [2.75, 3.05) is 5.32 Å². The molecule has 6 rings (SSSR count). The maximum atomic E-state index is 6.51. The van der Waals surface area contributed by atoms with E-state index in [1.54, 1.807) is 24.8 Å². The second kappa shape index (κ2) is 7.11. The monoisotopic (exact) mass is 445 g/mol. The summed E-state index contributed by atoms with van der Waals surface area (Å²) in [7, 11) is 0. The number of rotatable bonds is 4. The van der Waals surface area contributed by atoms with Crippen molar-refractivity contribution < 1.29 is 0 Å². The van der Waals surface area contributed by atoms with Crippen LogP contribution in [0.3, 0.4) is 0 Å². The van der Waals surface area contributed by atoms with E-state index in [1.807, 2.05) is 41.1 Å². The van der Waals surface area contributed by atoms with Crippen molar-refractivity contribution in [1.82, 2.24) is 39.7 Å². The molecule has 0 aliphatic heterocycles. The minimum absolute atomic E-state index is 0.576. The van der Waals surface area contributed by atoms with Gasteiger partial charge in [0.25, 0.3) is 0 Å². The molecule has 0 unspecified atom stereocenters. The third-order valence-electron chi connectivity index (χ3n) is 4.76. The van der Waals surface area contributed by atoms with E-state index in [2.05, 4.69) is 35.7 Å². The number of hydrogen-bond acceptors (Lipinski definition) is 8. The van der Waals surface area contributed by atoms with Crippen LogP contribution >= 0.6 is 22.9 Å². The van der Waals surface area contributed by atoms with Gasteiger partial charge in [0.05, 0.1) is 34.2 Å². The van der Waals surface area contributed by atoms with E-state index in [0.717, 1.165) is 38.5 Å². The Hall–Kier alpha value is -3.89. The van der Waals surface area contributed by atoms with Crippen LogP contribution in [0, 0.1) is 0 Å². The second-order valence-corrected chi connectivity index (χ2v) is 8.02. The number of benzene rings is 1. The van der Waals surface area contributed by atoms with Crippen molar-refractivity contribution in [3.63, 3.8) is 0 Å². The molecule has 5 aromatic heterocycles. The third kappa shape index (κ3) is 3.09. The quantitative estimate of drug-likeness (QED) is 0.408. The molecule has 0 radical (unpaired) electrons. The van der Waals surface area contributed by atoms with Crippen LogP contribution in [0.4, 0.5) is 10.8 Å². The molecule has 6 aromatic rings. The number of hydrogen-bond donors (Lipinski definition) is 2. The van der Waals surface area contributed by atoms with E-state index in [9.17, 15) is 0 Å². The van der Waals surface area contributed by atoms with Gasteiger partial charge in [-0.25, -0.2) is 4.98 Å². The predicted octanol–water partition coefficient (Wildman–Crippen LogP) is 4.58. The molecule has 0 saturated carbocycles. The Morgan fingerprint density at radius 2 is 2.03 bits per heavy atom. The van der Waals surface area contributed by atoms with Crippen LogP contribution in [0.5, 0.6) is 0 Å². The van der Waals surface area contributed by atoms with Gasteiger partial charge in [0.2, 0.25) is 5.13 Å². The number of fused-ring (bicyclic) bond motifs is 2. The van der Waals surface area contributed by atoms with E-state index in [0.29, 0.717) is 15.8 Å². The van der Waals surface area contributed by atoms with Crippen LogP contribution in [0.1, 0.15) is 0 Å². The minimum atomic E-state index is 0.576. The summed E-state index contributed by atoms with van der Waals surface area (Å²) in [5.41, 5.74) is 4.70. The van der Waals surface area contributed by atoms with Gasteiger partial charge in [-0.1, -0.05) is 22.9 Å². The molecular weight excluding hydrogens is 434 g/mol. The molecule has 0 fully saturated rings. The van der Waals surface area contributed by atoms with Gasteiger partial charge < -0.3 is 9.72 Å². The lowest BCUT2D eigenvalue weighted by Gasteiger charge is -2.05. The third-order valence-corrected chi connectivity index (χ3v) is 6.04. The molecule has 31 heavy (non-hydrogen) atoms. The molecule has 0 bridgehead atoms. The van der Waals surface area contributed by atoms with Gasteiger partial charge in [0.15, 0.2) is 5.01 Å². The topological polar surface area (TPSA) is 110 Å². The fraction of sp³-hybridized carbons (Fsp3) is 0. The molecule has 2 N–H and O–H groups in total. The smallest absolute Gasteiger partial charge is 0.210 e. The fourth-order valence-corrected chi connectivity index (χ4v) is 4.35. The highest BCUT2D eigenvalue weighted by molar-refractivity contribution is 7.18. The first-order valence-corrected chi connectivity index (χ1v) is 10.4. The first kappa shape index (κ1) is 17.9. The summed E-state index contributed by atoms with van der Waals surface area (Å²) in [5, 5.41) is 21.6. The normalized spacial score (nSPS) is 11.4. The highest BCUT2D eigenvalue weighted by Gasteiger charge is 2.15. The van der Waals surface area contributed by atoms with Crippen LogP contribution in [-0.4, -0.2) is 39.7 Å². The number of halogens is 1. The van der Waals surface area contributed by atoms with Gasteiger partial charge in [-0.2, -0.15) is 5.10 Å². The van der Waals surface area contributed by atoms with Crippen LogP contribution in [0.15, 0.2) is 61.4 Å². The molecule has 9 nitrogen and oxygen atoms in total. The largest absolute Gasteiger partial charge is 0.329 e. The van der Waals surface area contributed by atoms with Crippen LogP contribution in [0.2, 0.25) is 5.02 Å². The molecule has 1 aromatic carbocycles. The number of nitrogens with zero attached hydrogens (tertiary/aromatic N) is 7. The fourth-order valence-electron chi connectivity index (χ4n) is 3.31. The van der Waals surface area contributed by atoms with Gasteiger partial charge in [-0.05, 0) is 24.3 Å². The molecule has 0 atom stereocenters. The Kier molecular flexibility index (Phi) is 4.11. The summed E-state index contributed by atoms with van der Waals surface area (Å²) in [4.78, 5) is 13.2. The molecule has 0 saturated heterocycles. The Morgan fingerprint density at radius 1 is 1.06 bits per heavy atom. The Bertz CT molecular complexity index is 1540. The van der Waals surface area contributed by atoms with Gasteiger partial charge in [-0.3, -0.25) is 15.1 Å². The van der Waals surface area contributed by atoms with Crippen molar-refractivity contribution in [1.29, 1.82) is 0 Å². The van der Waals surface area contributed by atoms with Crippen molar-refractivity contribution >= 4 is 50.3 Å². The maximum Gasteiger partial charge on any atom is 0.210 e. The summed E-state index contributed by atoms with van der Waals surface area (Å²) in [6.07, 6.45) is 10.5. The van der Waals surface area contributed by atoms with Crippen LogP contribution < -0.4 is 5.32 Å². The summed E-state index contributed by atoms with van der Waals surface area (Å²) >= 11 is 7.93. The first-order chi connectivity index (χ1) is 15.3. The Morgan fingerprint density at radius 3 is 2.94 bits per heavy atom. The molecule has 0 aliphatic rings. The maximum absolute atomic E-state index is 6.51. The molecule has 150 valence electrons. The number of aromatic nitrogens is 8. The van der Waals surface area contributed by atoms with Crippen molar-refractivity contribution in [2.45, 2.75) is 0 Å². The lowest BCUT2D eigenvalue weighted by molar-refractivity contribution is 1.09. The van der Waals surface area contributed by atoms with E-state index in [4.69, 9.17) is 16.6 Å². The highest BCUT2D eigenvalue weighted by atomic mass is 35.5. The van der Waals surface area contributed by atoms with Crippen molar-refractivity contribution in [2.24, 2.45) is 0 Å². The van der Waals surface area contributed by atoms with Crippen LogP contribution in [-0.2, 0) is 0 Å². The summed E-state index contributed by atoms with van der Waals surface area (Å²) in [5.74, 6) is 0. The Labute approximate surface area is 183 Å². The number of nitrogens with one attached hydrogen (secondary N) is 2. The minimum Gasteiger partial charge on any atom is -0.329 e. The lowest BCUT2D eigenvalue weighted by atomic mass is 10.2. The summed E-state index contributed by atoms with van der Waals surface area (Å²) < 4.78 is 1.94. The number of imidazole rings is 1. The Balaban J connectivity index is 1.36. The van der Waals surface area contributed by atoms with Gasteiger partial charge in [-0.15, -0.1) is 10.2 Å². The predicted molar refractivity (Wildman–Crippen MR) is 120 cm³/mol. The van der Waals surface area contributed by atoms with Gasteiger partial charge in [0, 0.05) is 30.2 Å². The molecule has 0 aliphatic carbocycles. The average molecular weight is 446 g/mol. The summed E-state index contributed by atoms with van der Waals surface area (Å²) in [6.45, 7) is 0. The van der Waals surface area contributed by atoms with Crippen molar-refractivity contribution in [3.8, 4) is 22.0 Å². The zero-order valence-corrected chi connectivity index (χ0v) is 17.3. The van der Waals surface area contributed by atoms with Crippen molar-refractivity contribution in [3.05, 3.63) is 66.5 Å². The molecule has 0 amide bonds.